The van der Waals surface area contributed by atoms with Crippen molar-refractivity contribution < 1.29 is 14.6 Å². The fraction of sp³-hybridized carbons (Fsp3) is 0.111. The summed E-state index contributed by atoms with van der Waals surface area (Å²) in [6, 6.07) is 3.00. The first-order valence-corrected chi connectivity index (χ1v) is 3.97. The summed E-state index contributed by atoms with van der Waals surface area (Å²) in [7, 11) is 1.28. The highest BCUT2D eigenvalue weighted by Gasteiger charge is 2.09. The maximum atomic E-state index is 11.2. The van der Waals surface area contributed by atoms with E-state index in [1.54, 1.807) is 6.07 Å². The number of nitrogens with zero attached hydrogens (tertiary/aromatic N) is 2. The molecule has 0 saturated carbocycles. The van der Waals surface area contributed by atoms with Crippen LogP contribution in [0.15, 0.2) is 24.5 Å². The van der Waals surface area contributed by atoms with Crippen molar-refractivity contribution in [2.45, 2.75) is 0 Å². The lowest BCUT2D eigenvalue weighted by Gasteiger charge is -2.01. The highest BCUT2D eigenvalue weighted by atomic mass is 16.5. The number of esters is 1. The van der Waals surface area contributed by atoms with Crippen LogP contribution in [-0.4, -0.2) is 27.8 Å². The van der Waals surface area contributed by atoms with E-state index in [0.29, 0.717) is 5.52 Å². The van der Waals surface area contributed by atoms with Gasteiger partial charge in [0.05, 0.1) is 18.9 Å². The summed E-state index contributed by atoms with van der Waals surface area (Å²) in [5.41, 5.74) is 0.818. The van der Waals surface area contributed by atoms with E-state index in [4.69, 9.17) is 0 Å². The standard InChI is InChI=1S/C9H8N2O3/c1-14-9(13)6-4-8(12)7-2-3-10-11(7)5-6/h2-5,12H,1H3. The highest BCUT2D eigenvalue weighted by molar-refractivity contribution is 5.90. The third-order valence-corrected chi connectivity index (χ3v) is 1.91. The summed E-state index contributed by atoms with van der Waals surface area (Å²) < 4.78 is 5.94. The maximum absolute atomic E-state index is 11.2. The number of hydrogen-bond donors (Lipinski definition) is 1. The third kappa shape index (κ3) is 1.19. The molecule has 2 rings (SSSR count). The van der Waals surface area contributed by atoms with Crippen molar-refractivity contribution in [3.63, 3.8) is 0 Å². The van der Waals surface area contributed by atoms with E-state index >= 15 is 0 Å². The number of ether oxygens (including phenoxy) is 1. The van der Waals surface area contributed by atoms with Crippen molar-refractivity contribution in [2.75, 3.05) is 7.11 Å². The molecule has 0 atom stereocenters. The molecule has 0 spiro atoms. The Morgan fingerprint density at radius 3 is 3.14 bits per heavy atom. The molecule has 5 heteroatoms. The van der Waals surface area contributed by atoms with Gasteiger partial charge in [0.1, 0.15) is 11.3 Å². The topological polar surface area (TPSA) is 63.8 Å². The van der Waals surface area contributed by atoms with Crippen LogP contribution in [-0.2, 0) is 4.74 Å². The van der Waals surface area contributed by atoms with Crippen LogP contribution in [0.2, 0.25) is 0 Å². The molecule has 0 saturated heterocycles. The Balaban J connectivity index is 2.64. The van der Waals surface area contributed by atoms with Gasteiger partial charge in [-0.3, -0.25) is 0 Å². The van der Waals surface area contributed by atoms with Crippen LogP contribution in [0.3, 0.4) is 0 Å². The summed E-state index contributed by atoms with van der Waals surface area (Å²) in [4.78, 5) is 11.2. The average molecular weight is 192 g/mol. The molecular formula is C9H8N2O3. The molecule has 0 aliphatic heterocycles. The van der Waals surface area contributed by atoms with Crippen LogP contribution in [0.5, 0.6) is 5.75 Å². The summed E-state index contributed by atoms with van der Waals surface area (Å²) in [6.45, 7) is 0. The zero-order valence-corrected chi connectivity index (χ0v) is 7.47. The van der Waals surface area contributed by atoms with Crippen molar-refractivity contribution in [1.82, 2.24) is 9.61 Å². The minimum Gasteiger partial charge on any atom is -0.506 e. The molecule has 0 bridgehead atoms. The minimum absolute atomic E-state index is 0.00500. The van der Waals surface area contributed by atoms with Crippen LogP contribution in [0, 0.1) is 0 Å². The monoisotopic (exact) mass is 192 g/mol. The van der Waals surface area contributed by atoms with E-state index in [9.17, 15) is 9.90 Å². The first-order chi connectivity index (χ1) is 6.72. The van der Waals surface area contributed by atoms with Crippen LogP contribution < -0.4 is 0 Å². The molecule has 0 fully saturated rings. The van der Waals surface area contributed by atoms with E-state index in [2.05, 4.69) is 9.84 Å². The summed E-state index contributed by atoms with van der Waals surface area (Å²) in [5, 5.41) is 13.4. The SMILES string of the molecule is COC(=O)c1cc(O)c2ccnn2c1. The Morgan fingerprint density at radius 2 is 2.43 bits per heavy atom. The Labute approximate surface area is 79.5 Å². The van der Waals surface area contributed by atoms with E-state index in [-0.39, 0.29) is 11.3 Å². The van der Waals surface area contributed by atoms with Crippen LogP contribution in [0.1, 0.15) is 10.4 Å². The molecule has 2 aromatic rings. The van der Waals surface area contributed by atoms with Crippen LogP contribution >= 0.6 is 0 Å². The van der Waals surface area contributed by atoms with Gasteiger partial charge in [0, 0.05) is 6.20 Å². The zero-order valence-electron chi connectivity index (χ0n) is 7.47. The number of aromatic hydroxyl groups is 1. The van der Waals surface area contributed by atoms with Gasteiger partial charge in [0.15, 0.2) is 0 Å². The summed E-state index contributed by atoms with van der Waals surface area (Å²) in [6.07, 6.45) is 3.04. The molecule has 5 nitrogen and oxygen atoms in total. The molecule has 0 aliphatic carbocycles. The van der Waals surface area contributed by atoms with E-state index in [1.807, 2.05) is 0 Å². The van der Waals surface area contributed by atoms with Crippen LogP contribution in [0.4, 0.5) is 0 Å². The van der Waals surface area contributed by atoms with E-state index in [0.717, 1.165) is 0 Å². The van der Waals surface area contributed by atoms with Crippen molar-refractivity contribution >= 4 is 11.5 Å². The second kappa shape index (κ2) is 3.02. The number of fused-ring (bicyclic) bond motifs is 1. The zero-order chi connectivity index (χ0) is 10.1. The predicted octanol–water partition coefficient (Wildman–Crippen LogP) is 0.827. The molecule has 14 heavy (non-hydrogen) atoms. The average Bonchev–Trinajstić information content (AvgIpc) is 2.64. The lowest BCUT2D eigenvalue weighted by molar-refractivity contribution is 0.0599. The predicted molar refractivity (Wildman–Crippen MR) is 48.2 cm³/mol. The number of hydrogen-bond acceptors (Lipinski definition) is 4. The Morgan fingerprint density at radius 1 is 1.64 bits per heavy atom. The van der Waals surface area contributed by atoms with Gasteiger partial charge in [-0.1, -0.05) is 0 Å². The molecule has 2 aromatic heterocycles. The Kier molecular flexibility index (Phi) is 1.85. The fourth-order valence-corrected chi connectivity index (χ4v) is 1.24. The molecule has 0 amide bonds. The summed E-state index contributed by atoms with van der Waals surface area (Å²) >= 11 is 0. The molecule has 0 aromatic carbocycles. The van der Waals surface area contributed by atoms with Gasteiger partial charge in [-0.05, 0) is 12.1 Å². The van der Waals surface area contributed by atoms with Gasteiger partial charge in [0.25, 0.3) is 0 Å². The smallest absolute Gasteiger partial charge is 0.339 e. The van der Waals surface area contributed by atoms with Crippen LogP contribution in [0.25, 0.3) is 5.52 Å². The van der Waals surface area contributed by atoms with Gasteiger partial charge in [-0.2, -0.15) is 5.10 Å². The minimum atomic E-state index is -0.502. The molecule has 0 unspecified atom stereocenters. The second-order valence-corrected chi connectivity index (χ2v) is 2.77. The third-order valence-electron chi connectivity index (χ3n) is 1.91. The largest absolute Gasteiger partial charge is 0.506 e. The van der Waals surface area contributed by atoms with Gasteiger partial charge in [-0.15, -0.1) is 0 Å². The van der Waals surface area contributed by atoms with Crippen molar-refractivity contribution in [3.05, 3.63) is 30.1 Å². The second-order valence-electron chi connectivity index (χ2n) is 2.77. The molecule has 0 radical (unpaired) electrons. The molecule has 72 valence electrons. The van der Waals surface area contributed by atoms with Gasteiger partial charge in [0.2, 0.25) is 0 Å². The van der Waals surface area contributed by atoms with Crippen molar-refractivity contribution in [3.8, 4) is 5.75 Å². The summed E-state index contributed by atoms with van der Waals surface area (Å²) in [5.74, 6) is -0.497. The van der Waals surface area contributed by atoms with Crippen molar-refractivity contribution in [2.24, 2.45) is 0 Å². The lowest BCUT2D eigenvalue weighted by atomic mass is 10.2. The first kappa shape index (κ1) is 8.55. The number of aromatic nitrogens is 2. The first-order valence-electron chi connectivity index (χ1n) is 3.97. The highest BCUT2D eigenvalue weighted by Crippen LogP contribution is 2.19. The van der Waals surface area contributed by atoms with Gasteiger partial charge < -0.3 is 9.84 Å². The Hall–Kier alpha value is -2.04. The molecule has 0 aliphatic rings. The number of carbonyl (C=O) groups is 1. The maximum Gasteiger partial charge on any atom is 0.339 e. The number of methoxy groups -OCH3 is 1. The Bertz CT molecular complexity index is 490. The molecule has 2 heterocycles. The number of carbonyl (C=O) groups excluding carboxylic acids is 1. The number of pyridine rings is 1. The quantitative estimate of drug-likeness (QED) is 0.679. The van der Waals surface area contributed by atoms with E-state index in [1.165, 1.54) is 30.1 Å². The molecule has 1 N–H and O–H groups in total. The number of rotatable bonds is 1. The normalized spacial score (nSPS) is 10.4. The van der Waals surface area contributed by atoms with Crippen molar-refractivity contribution in [1.29, 1.82) is 0 Å². The fourth-order valence-electron chi connectivity index (χ4n) is 1.24. The van der Waals surface area contributed by atoms with E-state index < -0.39 is 5.97 Å². The van der Waals surface area contributed by atoms with Gasteiger partial charge in [-0.25, -0.2) is 9.31 Å². The molecular weight excluding hydrogens is 184 g/mol. The van der Waals surface area contributed by atoms with Gasteiger partial charge >= 0.3 is 5.97 Å². The lowest BCUT2D eigenvalue weighted by Crippen LogP contribution is -2.03.